The van der Waals surface area contributed by atoms with Crippen molar-refractivity contribution >= 4 is 67.0 Å². The van der Waals surface area contributed by atoms with Gasteiger partial charge in [0.2, 0.25) is 0 Å². The van der Waals surface area contributed by atoms with Gasteiger partial charge in [-0.15, -0.1) is 0 Å². The number of nitrogens with zero attached hydrogens (tertiary/aromatic N) is 1. The van der Waals surface area contributed by atoms with E-state index in [9.17, 15) is 5.11 Å². The molecular formula is C20H22I2N2O. The van der Waals surface area contributed by atoms with Crippen LogP contribution in [0.2, 0.25) is 0 Å². The van der Waals surface area contributed by atoms with Gasteiger partial charge >= 0.3 is 0 Å². The Hall–Kier alpha value is -0.380. The minimum Gasteiger partial charge on any atom is -0.390 e. The first-order chi connectivity index (χ1) is 12.1. The number of hydrogen-bond donors (Lipinski definition) is 2. The van der Waals surface area contributed by atoms with Gasteiger partial charge in [0.1, 0.15) is 0 Å². The summed E-state index contributed by atoms with van der Waals surface area (Å²) in [4.78, 5) is 0. The molecule has 0 aliphatic heterocycles. The van der Waals surface area contributed by atoms with Gasteiger partial charge < -0.3 is 15.0 Å². The Labute approximate surface area is 175 Å². The molecule has 1 fully saturated rings. The van der Waals surface area contributed by atoms with E-state index in [1.54, 1.807) is 0 Å². The summed E-state index contributed by atoms with van der Waals surface area (Å²) in [5.41, 5.74) is 2.41. The lowest BCUT2D eigenvalue weighted by molar-refractivity contribution is 0.150. The molecule has 1 atom stereocenters. The number of fused-ring (bicyclic) bond motifs is 3. The Kier molecular flexibility index (Phi) is 5.54. The molecule has 1 aromatic heterocycles. The fourth-order valence-corrected chi connectivity index (χ4v) is 4.94. The minimum absolute atomic E-state index is 0.377. The number of aliphatic hydroxyl groups is 1. The molecule has 3 nitrogen and oxygen atoms in total. The molecule has 0 bridgehead atoms. The zero-order valence-corrected chi connectivity index (χ0v) is 18.3. The summed E-state index contributed by atoms with van der Waals surface area (Å²) >= 11 is 4.74. The summed E-state index contributed by atoms with van der Waals surface area (Å²) in [5, 5.41) is 16.7. The van der Waals surface area contributed by atoms with Gasteiger partial charge in [0.15, 0.2) is 0 Å². The Morgan fingerprint density at radius 1 is 1.00 bits per heavy atom. The molecule has 132 valence electrons. The van der Waals surface area contributed by atoms with E-state index in [2.05, 4.69) is 91.5 Å². The highest BCUT2D eigenvalue weighted by Gasteiger charge is 2.18. The van der Waals surface area contributed by atoms with Crippen LogP contribution in [-0.4, -0.2) is 28.4 Å². The van der Waals surface area contributed by atoms with Gasteiger partial charge in [-0.3, -0.25) is 0 Å². The summed E-state index contributed by atoms with van der Waals surface area (Å²) in [5.74, 6) is 0. The first-order valence-electron chi connectivity index (χ1n) is 8.90. The van der Waals surface area contributed by atoms with Gasteiger partial charge in [0, 0.05) is 41.5 Å². The van der Waals surface area contributed by atoms with Crippen molar-refractivity contribution in [3.05, 3.63) is 43.5 Å². The lowest BCUT2D eigenvalue weighted by atomic mass is 10.2. The summed E-state index contributed by atoms with van der Waals surface area (Å²) in [6.45, 7) is 1.29. The monoisotopic (exact) mass is 560 g/mol. The first kappa shape index (κ1) is 18.0. The van der Waals surface area contributed by atoms with Crippen LogP contribution in [0.3, 0.4) is 0 Å². The summed E-state index contributed by atoms with van der Waals surface area (Å²) in [6, 6.07) is 13.7. The van der Waals surface area contributed by atoms with E-state index >= 15 is 0 Å². The molecule has 0 spiro atoms. The highest BCUT2D eigenvalue weighted by molar-refractivity contribution is 14.1. The van der Waals surface area contributed by atoms with E-state index in [4.69, 9.17) is 0 Å². The largest absolute Gasteiger partial charge is 0.390 e. The second-order valence-electron chi connectivity index (χ2n) is 6.98. The molecule has 0 amide bonds. The lowest BCUT2D eigenvalue weighted by Crippen LogP contribution is -2.35. The first-order valence-corrected chi connectivity index (χ1v) is 11.1. The van der Waals surface area contributed by atoms with Crippen LogP contribution in [0, 0.1) is 7.14 Å². The van der Waals surface area contributed by atoms with Crippen LogP contribution in [0.5, 0.6) is 0 Å². The van der Waals surface area contributed by atoms with Gasteiger partial charge in [-0.1, -0.05) is 12.8 Å². The molecule has 25 heavy (non-hydrogen) atoms. The molecule has 0 radical (unpaired) electrons. The standard InChI is InChI=1S/C20H22I2N2O/c21-13-5-7-19-17(9-13)18-10-14(22)6-8-20(18)24(19)12-16(25)11-23-15-3-1-2-4-15/h5-10,15-16,23,25H,1-4,11-12H2/t16-/m1/s1. The molecule has 1 saturated carbocycles. The molecule has 0 unspecified atom stereocenters. The van der Waals surface area contributed by atoms with Gasteiger partial charge in [-0.05, 0) is 94.4 Å². The predicted octanol–water partition coefficient (Wildman–Crippen LogP) is 4.90. The van der Waals surface area contributed by atoms with Crippen molar-refractivity contribution in [1.82, 2.24) is 9.88 Å². The van der Waals surface area contributed by atoms with E-state index < -0.39 is 0 Å². The highest BCUT2D eigenvalue weighted by atomic mass is 127. The third-order valence-corrected chi connectivity index (χ3v) is 6.52. The minimum atomic E-state index is -0.377. The molecule has 2 N–H and O–H groups in total. The Bertz CT molecular complexity index is 840. The van der Waals surface area contributed by atoms with E-state index in [-0.39, 0.29) is 6.10 Å². The van der Waals surface area contributed by atoms with Gasteiger partial charge in [-0.25, -0.2) is 0 Å². The molecule has 1 heterocycles. The van der Waals surface area contributed by atoms with Crippen molar-refractivity contribution in [2.24, 2.45) is 0 Å². The van der Waals surface area contributed by atoms with Crippen LogP contribution in [0.25, 0.3) is 21.8 Å². The van der Waals surface area contributed by atoms with E-state index in [0.29, 0.717) is 19.1 Å². The van der Waals surface area contributed by atoms with Crippen molar-refractivity contribution in [1.29, 1.82) is 0 Å². The zero-order chi connectivity index (χ0) is 17.4. The smallest absolute Gasteiger partial charge is 0.0843 e. The van der Waals surface area contributed by atoms with Gasteiger partial charge in [0.05, 0.1) is 12.6 Å². The topological polar surface area (TPSA) is 37.2 Å². The lowest BCUT2D eigenvalue weighted by Gasteiger charge is -2.18. The van der Waals surface area contributed by atoms with Crippen LogP contribution in [0.1, 0.15) is 25.7 Å². The highest BCUT2D eigenvalue weighted by Crippen LogP contribution is 2.31. The quantitative estimate of drug-likeness (QED) is 0.437. The van der Waals surface area contributed by atoms with E-state index in [1.807, 2.05) is 0 Å². The molecular weight excluding hydrogens is 538 g/mol. The van der Waals surface area contributed by atoms with Crippen molar-refractivity contribution < 1.29 is 5.11 Å². The summed E-state index contributed by atoms with van der Waals surface area (Å²) in [6.07, 6.45) is 4.76. The number of aliphatic hydroxyl groups excluding tert-OH is 1. The molecule has 1 aliphatic carbocycles. The fraction of sp³-hybridized carbons (Fsp3) is 0.400. The van der Waals surface area contributed by atoms with Crippen LogP contribution < -0.4 is 5.32 Å². The Morgan fingerprint density at radius 3 is 2.12 bits per heavy atom. The molecule has 2 aromatic carbocycles. The number of nitrogens with one attached hydrogen (secondary N) is 1. The third kappa shape index (κ3) is 3.84. The maximum Gasteiger partial charge on any atom is 0.0843 e. The van der Waals surface area contributed by atoms with Gasteiger partial charge in [0.25, 0.3) is 0 Å². The van der Waals surface area contributed by atoms with Crippen LogP contribution >= 0.6 is 45.2 Å². The number of aromatic nitrogens is 1. The van der Waals surface area contributed by atoms with E-state index in [0.717, 1.165) is 0 Å². The van der Waals surface area contributed by atoms with E-state index in [1.165, 1.54) is 54.6 Å². The summed E-state index contributed by atoms with van der Waals surface area (Å²) in [7, 11) is 0. The number of hydrogen-bond acceptors (Lipinski definition) is 2. The van der Waals surface area contributed by atoms with Gasteiger partial charge in [-0.2, -0.15) is 0 Å². The average molecular weight is 560 g/mol. The zero-order valence-electron chi connectivity index (χ0n) is 14.0. The molecule has 0 saturated heterocycles. The third-order valence-electron chi connectivity index (χ3n) is 5.18. The molecule has 5 heteroatoms. The molecule has 3 aromatic rings. The number of benzene rings is 2. The Morgan fingerprint density at radius 2 is 1.56 bits per heavy atom. The second-order valence-corrected chi connectivity index (χ2v) is 9.47. The number of halogens is 2. The van der Waals surface area contributed by atoms with Crippen molar-refractivity contribution in [3.8, 4) is 0 Å². The van der Waals surface area contributed by atoms with Crippen LogP contribution in [0.15, 0.2) is 36.4 Å². The number of rotatable bonds is 5. The predicted molar refractivity (Wildman–Crippen MR) is 121 cm³/mol. The molecule has 4 rings (SSSR count). The van der Waals surface area contributed by atoms with Crippen molar-refractivity contribution in [2.75, 3.05) is 6.54 Å². The van der Waals surface area contributed by atoms with Crippen molar-refractivity contribution in [3.63, 3.8) is 0 Å². The maximum absolute atomic E-state index is 10.6. The van der Waals surface area contributed by atoms with Crippen LogP contribution in [0.4, 0.5) is 0 Å². The Balaban J connectivity index is 1.65. The average Bonchev–Trinajstić information content (AvgIpc) is 3.20. The maximum atomic E-state index is 10.6. The SMILES string of the molecule is O[C@H](CNC1CCCC1)Cn1c2ccc(I)cc2c2cc(I)ccc21. The fourth-order valence-electron chi connectivity index (χ4n) is 3.95. The molecule has 1 aliphatic rings. The van der Waals surface area contributed by atoms with Crippen LogP contribution in [-0.2, 0) is 6.54 Å². The second kappa shape index (κ2) is 7.70. The van der Waals surface area contributed by atoms with Crippen molar-refractivity contribution in [2.45, 2.75) is 44.4 Å². The summed E-state index contributed by atoms with van der Waals surface area (Å²) < 4.78 is 4.76. The normalized spacial score (nSPS) is 16.9.